The van der Waals surface area contributed by atoms with E-state index in [1.165, 1.54) is 0 Å². The van der Waals surface area contributed by atoms with Crippen molar-refractivity contribution in [2.75, 3.05) is 39.9 Å². The van der Waals surface area contributed by atoms with E-state index in [0.29, 0.717) is 45.7 Å². The molecule has 1 unspecified atom stereocenters. The van der Waals surface area contributed by atoms with Crippen LogP contribution in [-0.2, 0) is 9.53 Å². The molecule has 1 heterocycles. The van der Waals surface area contributed by atoms with Gasteiger partial charge in [0.2, 0.25) is 0 Å². The standard InChI is InChI=1S/C13H24N2O4/c1-4-13(11(16)17)6-7-15(10-13)12(18)14(3)8-9-19-5-2/h4-10H2,1-3H3,(H,16,17). The zero-order valence-corrected chi connectivity index (χ0v) is 12.0. The van der Waals surface area contributed by atoms with E-state index in [9.17, 15) is 14.7 Å². The molecule has 0 aromatic carbocycles. The number of hydrogen-bond acceptors (Lipinski definition) is 3. The summed E-state index contributed by atoms with van der Waals surface area (Å²) < 4.78 is 5.21. The SMILES string of the molecule is CCOCCN(C)C(=O)N1CCC(CC)(C(=O)O)C1. The maximum atomic E-state index is 12.2. The zero-order chi connectivity index (χ0) is 14.5. The fourth-order valence-electron chi connectivity index (χ4n) is 2.33. The Labute approximate surface area is 114 Å². The quantitative estimate of drug-likeness (QED) is 0.739. The molecule has 1 N–H and O–H groups in total. The van der Waals surface area contributed by atoms with Crippen LogP contribution in [0.15, 0.2) is 0 Å². The van der Waals surface area contributed by atoms with E-state index in [0.717, 1.165) is 0 Å². The Morgan fingerprint density at radius 1 is 1.42 bits per heavy atom. The molecule has 0 aliphatic carbocycles. The molecule has 0 radical (unpaired) electrons. The van der Waals surface area contributed by atoms with Crippen LogP contribution in [0.3, 0.4) is 0 Å². The van der Waals surface area contributed by atoms with Gasteiger partial charge in [-0.05, 0) is 19.8 Å². The number of likely N-dealkylation sites (tertiary alicyclic amines) is 1. The Balaban J connectivity index is 2.53. The van der Waals surface area contributed by atoms with E-state index < -0.39 is 11.4 Å². The van der Waals surface area contributed by atoms with Crippen LogP contribution < -0.4 is 0 Å². The third-order valence-electron chi connectivity index (χ3n) is 3.86. The van der Waals surface area contributed by atoms with Gasteiger partial charge in [-0.2, -0.15) is 0 Å². The molecule has 0 saturated carbocycles. The van der Waals surface area contributed by atoms with E-state index in [-0.39, 0.29) is 6.03 Å². The number of carbonyl (C=O) groups excluding carboxylic acids is 1. The van der Waals surface area contributed by atoms with E-state index in [1.807, 2.05) is 13.8 Å². The van der Waals surface area contributed by atoms with Crippen LogP contribution in [0.25, 0.3) is 0 Å². The Morgan fingerprint density at radius 2 is 2.11 bits per heavy atom. The molecule has 0 aromatic heterocycles. The lowest BCUT2D eigenvalue weighted by atomic mass is 9.84. The van der Waals surface area contributed by atoms with Gasteiger partial charge in [0, 0.05) is 33.3 Å². The molecule has 1 fully saturated rings. The van der Waals surface area contributed by atoms with Gasteiger partial charge in [0.25, 0.3) is 0 Å². The average Bonchev–Trinajstić information content (AvgIpc) is 2.83. The molecule has 6 heteroatoms. The van der Waals surface area contributed by atoms with Crippen LogP contribution in [0, 0.1) is 5.41 Å². The molecular formula is C13H24N2O4. The van der Waals surface area contributed by atoms with Crippen molar-refractivity contribution in [2.24, 2.45) is 5.41 Å². The lowest BCUT2D eigenvalue weighted by Gasteiger charge is -2.26. The first-order valence-electron chi connectivity index (χ1n) is 6.78. The molecule has 0 bridgehead atoms. The highest BCUT2D eigenvalue weighted by Gasteiger charge is 2.45. The maximum Gasteiger partial charge on any atom is 0.319 e. The second-order valence-corrected chi connectivity index (χ2v) is 5.01. The first-order chi connectivity index (χ1) is 8.96. The average molecular weight is 272 g/mol. The van der Waals surface area contributed by atoms with Crippen molar-refractivity contribution < 1.29 is 19.4 Å². The molecule has 19 heavy (non-hydrogen) atoms. The summed E-state index contributed by atoms with van der Waals surface area (Å²) in [5.41, 5.74) is -0.767. The Hall–Kier alpha value is -1.30. The van der Waals surface area contributed by atoms with Crippen molar-refractivity contribution in [1.29, 1.82) is 0 Å². The molecule has 0 spiro atoms. The molecule has 0 aromatic rings. The van der Waals surface area contributed by atoms with Gasteiger partial charge in [0.05, 0.1) is 12.0 Å². The number of hydrogen-bond donors (Lipinski definition) is 1. The number of likely N-dealkylation sites (N-methyl/N-ethyl adjacent to an activating group) is 1. The number of amides is 2. The number of urea groups is 1. The number of nitrogens with zero attached hydrogens (tertiary/aromatic N) is 2. The number of carboxylic acid groups (broad SMARTS) is 1. The Bertz CT molecular complexity index is 335. The number of carboxylic acids is 1. The molecule has 1 rings (SSSR count). The summed E-state index contributed by atoms with van der Waals surface area (Å²) in [6, 6.07) is -0.115. The van der Waals surface area contributed by atoms with E-state index in [2.05, 4.69) is 0 Å². The third-order valence-corrected chi connectivity index (χ3v) is 3.86. The number of rotatable bonds is 6. The first kappa shape index (κ1) is 15.8. The summed E-state index contributed by atoms with van der Waals surface area (Å²) >= 11 is 0. The predicted molar refractivity (Wildman–Crippen MR) is 71.1 cm³/mol. The van der Waals surface area contributed by atoms with Gasteiger partial charge in [0.15, 0.2) is 0 Å². The van der Waals surface area contributed by atoms with Gasteiger partial charge in [-0.3, -0.25) is 4.79 Å². The van der Waals surface area contributed by atoms with Gasteiger partial charge in [-0.15, -0.1) is 0 Å². The molecular weight excluding hydrogens is 248 g/mol. The minimum Gasteiger partial charge on any atom is -0.481 e. The first-order valence-corrected chi connectivity index (χ1v) is 6.78. The number of carbonyl (C=O) groups is 2. The number of ether oxygens (including phenoxy) is 1. The molecule has 1 aliphatic heterocycles. The van der Waals surface area contributed by atoms with Crippen LogP contribution in [0.2, 0.25) is 0 Å². The Morgan fingerprint density at radius 3 is 2.58 bits per heavy atom. The summed E-state index contributed by atoms with van der Waals surface area (Å²) in [5, 5.41) is 9.30. The minimum atomic E-state index is -0.803. The highest BCUT2D eigenvalue weighted by atomic mass is 16.5. The van der Waals surface area contributed by atoms with Crippen molar-refractivity contribution in [3.63, 3.8) is 0 Å². The number of aliphatic carboxylic acids is 1. The molecule has 110 valence electrons. The van der Waals surface area contributed by atoms with Crippen LogP contribution in [0.4, 0.5) is 4.79 Å². The topological polar surface area (TPSA) is 70.1 Å². The van der Waals surface area contributed by atoms with Crippen molar-refractivity contribution in [3.8, 4) is 0 Å². The van der Waals surface area contributed by atoms with Gasteiger partial charge in [0.1, 0.15) is 0 Å². The van der Waals surface area contributed by atoms with Gasteiger partial charge >= 0.3 is 12.0 Å². The van der Waals surface area contributed by atoms with Crippen molar-refractivity contribution in [1.82, 2.24) is 9.80 Å². The van der Waals surface area contributed by atoms with Gasteiger partial charge in [-0.1, -0.05) is 6.92 Å². The highest BCUT2D eigenvalue weighted by Crippen LogP contribution is 2.34. The molecule has 6 nitrogen and oxygen atoms in total. The van der Waals surface area contributed by atoms with E-state index >= 15 is 0 Å². The van der Waals surface area contributed by atoms with Crippen molar-refractivity contribution >= 4 is 12.0 Å². The van der Waals surface area contributed by atoms with Crippen LogP contribution in [-0.4, -0.2) is 66.8 Å². The maximum absolute atomic E-state index is 12.2. The second-order valence-electron chi connectivity index (χ2n) is 5.01. The fraction of sp³-hybridized carbons (Fsp3) is 0.846. The summed E-state index contributed by atoms with van der Waals surface area (Å²) in [7, 11) is 1.72. The van der Waals surface area contributed by atoms with E-state index in [1.54, 1.807) is 16.8 Å². The summed E-state index contributed by atoms with van der Waals surface area (Å²) in [6.07, 6.45) is 1.08. The molecule has 2 amide bonds. The third kappa shape index (κ3) is 3.59. The van der Waals surface area contributed by atoms with Gasteiger partial charge < -0.3 is 19.6 Å². The summed E-state index contributed by atoms with van der Waals surface area (Å²) in [4.78, 5) is 26.7. The lowest BCUT2D eigenvalue weighted by molar-refractivity contribution is -0.148. The lowest BCUT2D eigenvalue weighted by Crippen LogP contribution is -2.43. The molecule has 1 saturated heterocycles. The summed E-state index contributed by atoms with van der Waals surface area (Å²) in [5.74, 6) is -0.803. The minimum absolute atomic E-state index is 0.115. The predicted octanol–water partition coefficient (Wildman–Crippen LogP) is 1.26. The largest absolute Gasteiger partial charge is 0.481 e. The van der Waals surface area contributed by atoms with Crippen LogP contribution in [0.5, 0.6) is 0 Å². The van der Waals surface area contributed by atoms with Crippen LogP contribution >= 0.6 is 0 Å². The van der Waals surface area contributed by atoms with Crippen molar-refractivity contribution in [3.05, 3.63) is 0 Å². The van der Waals surface area contributed by atoms with Crippen molar-refractivity contribution in [2.45, 2.75) is 26.7 Å². The van der Waals surface area contributed by atoms with Crippen LogP contribution in [0.1, 0.15) is 26.7 Å². The smallest absolute Gasteiger partial charge is 0.319 e. The monoisotopic (exact) mass is 272 g/mol. The fourth-order valence-corrected chi connectivity index (χ4v) is 2.33. The highest BCUT2D eigenvalue weighted by molar-refractivity contribution is 5.79. The molecule has 1 atom stereocenters. The second kappa shape index (κ2) is 6.75. The summed E-state index contributed by atoms with van der Waals surface area (Å²) in [6.45, 7) is 6.24. The normalized spacial score (nSPS) is 22.6. The Kier molecular flexibility index (Phi) is 5.60. The molecule has 1 aliphatic rings. The van der Waals surface area contributed by atoms with E-state index in [4.69, 9.17) is 4.74 Å². The zero-order valence-electron chi connectivity index (χ0n) is 12.0. The van der Waals surface area contributed by atoms with Gasteiger partial charge in [-0.25, -0.2) is 4.79 Å².